The van der Waals surface area contributed by atoms with Crippen LogP contribution < -0.4 is 14.8 Å². The molecule has 4 rings (SSSR count). The van der Waals surface area contributed by atoms with E-state index in [4.69, 9.17) is 9.15 Å². The standard InChI is InChI=1S/C23H20N4O7S2/c1-14-16(7-5-8-19(14)27(29)30)24-22(28)13-35-23-25-18-12-15(10-11-21(18)34-23)36(31,32)26-17-6-3-4-9-20(17)33-2/h3-12,26H,13H2,1-2H3,(H,24,28). The molecule has 0 aliphatic rings. The number of methoxy groups -OCH3 is 1. The molecule has 0 aliphatic heterocycles. The van der Waals surface area contributed by atoms with E-state index >= 15 is 0 Å². The van der Waals surface area contributed by atoms with Gasteiger partial charge >= 0.3 is 0 Å². The first-order valence-corrected chi connectivity index (χ1v) is 12.9. The highest BCUT2D eigenvalue weighted by Gasteiger charge is 2.19. The van der Waals surface area contributed by atoms with Crippen molar-refractivity contribution < 1.29 is 27.3 Å². The minimum atomic E-state index is -3.93. The van der Waals surface area contributed by atoms with Crippen LogP contribution in [0.5, 0.6) is 5.75 Å². The van der Waals surface area contributed by atoms with Crippen LogP contribution >= 0.6 is 11.8 Å². The summed E-state index contributed by atoms with van der Waals surface area (Å²) in [5, 5.41) is 13.9. The number of oxazole rings is 1. The molecule has 0 bridgehead atoms. The molecule has 1 amide bonds. The maximum absolute atomic E-state index is 12.9. The fourth-order valence-electron chi connectivity index (χ4n) is 3.32. The number of nitro groups is 1. The molecule has 36 heavy (non-hydrogen) atoms. The molecule has 0 atom stereocenters. The van der Waals surface area contributed by atoms with Crippen LogP contribution in [0.15, 0.2) is 75.2 Å². The van der Waals surface area contributed by atoms with Crippen LogP contribution in [-0.4, -0.2) is 37.1 Å². The van der Waals surface area contributed by atoms with Crippen LogP contribution in [0.1, 0.15) is 5.56 Å². The maximum atomic E-state index is 12.9. The molecule has 0 fully saturated rings. The molecule has 4 aromatic rings. The van der Waals surface area contributed by atoms with E-state index in [0.29, 0.717) is 33.8 Å². The van der Waals surface area contributed by atoms with Crippen molar-refractivity contribution >= 4 is 55.9 Å². The summed E-state index contributed by atoms with van der Waals surface area (Å²) >= 11 is 1.01. The fourth-order valence-corrected chi connectivity index (χ4v) is 5.05. The van der Waals surface area contributed by atoms with E-state index in [1.807, 2.05) is 0 Å². The Morgan fingerprint density at radius 2 is 1.89 bits per heavy atom. The number of thioether (sulfide) groups is 1. The molecular formula is C23H20N4O7S2. The monoisotopic (exact) mass is 528 g/mol. The predicted octanol–water partition coefficient (Wildman–Crippen LogP) is 4.58. The van der Waals surface area contributed by atoms with E-state index in [-0.39, 0.29) is 21.6 Å². The first-order chi connectivity index (χ1) is 17.2. The van der Waals surface area contributed by atoms with Crippen LogP contribution in [-0.2, 0) is 14.8 Å². The summed E-state index contributed by atoms with van der Waals surface area (Å²) in [6.45, 7) is 1.55. The van der Waals surface area contributed by atoms with Crippen molar-refractivity contribution in [2.24, 2.45) is 0 Å². The van der Waals surface area contributed by atoms with Gasteiger partial charge in [0.25, 0.3) is 20.9 Å². The Bertz CT molecular complexity index is 1570. The molecule has 13 heteroatoms. The summed E-state index contributed by atoms with van der Waals surface area (Å²) in [4.78, 5) is 27.2. The third kappa shape index (κ3) is 5.42. The number of nitro benzene ring substituents is 1. The Kier molecular flexibility index (Phi) is 7.12. The number of hydrogen-bond acceptors (Lipinski definition) is 9. The Morgan fingerprint density at radius 3 is 2.64 bits per heavy atom. The molecule has 0 saturated heterocycles. The molecule has 0 aliphatic carbocycles. The Hall–Kier alpha value is -4.10. The highest BCUT2D eigenvalue weighted by molar-refractivity contribution is 7.99. The van der Waals surface area contributed by atoms with Gasteiger partial charge in [0.2, 0.25) is 5.91 Å². The van der Waals surface area contributed by atoms with Crippen molar-refractivity contribution in [3.05, 3.63) is 76.3 Å². The second-order valence-corrected chi connectivity index (χ2v) is 10.1. The lowest BCUT2D eigenvalue weighted by Crippen LogP contribution is -2.15. The van der Waals surface area contributed by atoms with Crippen LogP contribution in [0.4, 0.5) is 17.1 Å². The molecule has 3 aromatic carbocycles. The molecule has 186 valence electrons. The molecular weight excluding hydrogens is 508 g/mol. The zero-order valence-electron chi connectivity index (χ0n) is 19.0. The van der Waals surface area contributed by atoms with Gasteiger partial charge in [0, 0.05) is 6.07 Å². The van der Waals surface area contributed by atoms with Gasteiger partial charge < -0.3 is 14.5 Å². The van der Waals surface area contributed by atoms with Gasteiger partial charge in [-0.05, 0) is 43.3 Å². The minimum Gasteiger partial charge on any atom is -0.495 e. The van der Waals surface area contributed by atoms with Gasteiger partial charge in [-0.1, -0.05) is 30.0 Å². The number of rotatable bonds is 9. The zero-order valence-corrected chi connectivity index (χ0v) is 20.7. The van der Waals surface area contributed by atoms with Gasteiger partial charge in [0.1, 0.15) is 11.3 Å². The number of anilines is 2. The van der Waals surface area contributed by atoms with Crippen LogP contribution in [0, 0.1) is 17.0 Å². The van der Waals surface area contributed by atoms with E-state index in [0.717, 1.165) is 11.8 Å². The van der Waals surface area contributed by atoms with Gasteiger partial charge in [-0.25, -0.2) is 13.4 Å². The number of aromatic nitrogens is 1. The predicted molar refractivity (Wildman–Crippen MR) is 135 cm³/mol. The summed E-state index contributed by atoms with van der Waals surface area (Å²) in [6, 6.07) is 15.3. The van der Waals surface area contributed by atoms with Crippen molar-refractivity contribution in [3.8, 4) is 5.75 Å². The number of nitrogens with one attached hydrogen (secondary N) is 2. The fraction of sp³-hybridized carbons (Fsp3) is 0.130. The number of benzene rings is 3. The van der Waals surface area contributed by atoms with E-state index in [9.17, 15) is 23.3 Å². The smallest absolute Gasteiger partial charge is 0.274 e. The molecule has 0 radical (unpaired) electrons. The first-order valence-electron chi connectivity index (χ1n) is 10.4. The average Bonchev–Trinajstić information content (AvgIpc) is 3.26. The zero-order chi connectivity index (χ0) is 25.9. The lowest BCUT2D eigenvalue weighted by Gasteiger charge is -2.11. The number of sulfonamides is 1. The van der Waals surface area contributed by atoms with E-state index in [2.05, 4.69) is 15.0 Å². The third-order valence-corrected chi connectivity index (χ3v) is 7.30. The first kappa shape index (κ1) is 25.0. The molecule has 0 saturated carbocycles. The van der Waals surface area contributed by atoms with Crippen LogP contribution in [0.2, 0.25) is 0 Å². The number of fused-ring (bicyclic) bond motifs is 1. The van der Waals surface area contributed by atoms with Crippen molar-refractivity contribution in [1.82, 2.24) is 4.98 Å². The van der Waals surface area contributed by atoms with Crippen molar-refractivity contribution in [2.75, 3.05) is 22.9 Å². The van der Waals surface area contributed by atoms with E-state index in [1.54, 1.807) is 37.3 Å². The lowest BCUT2D eigenvalue weighted by molar-refractivity contribution is -0.385. The van der Waals surface area contributed by atoms with Crippen molar-refractivity contribution in [1.29, 1.82) is 0 Å². The average molecular weight is 529 g/mol. The maximum Gasteiger partial charge on any atom is 0.274 e. The number of carbonyl (C=O) groups is 1. The minimum absolute atomic E-state index is 0.0235. The summed E-state index contributed by atoms with van der Waals surface area (Å²) in [6.07, 6.45) is 0. The number of ether oxygens (including phenoxy) is 1. The molecule has 0 spiro atoms. The number of amides is 1. The summed E-state index contributed by atoms with van der Waals surface area (Å²) < 4.78 is 39.0. The highest BCUT2D eigenvalue weighted by atomic mass is 32.2. The second kappa shape index (κ2) is 10.3. The molecule has 0 unspecified atom stereocenters. The molecule has 1 aromatic heterocycles. The van der Waals surface area contributed by atoms with Gasteiger partial charge in [-0.15, -0.1) is 0 Å². The number of para-hydroxylation sites is 2. The quantitative estimate of drug-likeness (QED) is 0.180. The Balaban J connectivity index is 1.46. The number of hydrogen-bond donors (Lipinski definition) is 2. The second-order valence-electron chi connectivity index (χ2n) is 7.46. The molecule has 2 N–H and O–H groups in total. The van der Waals surface area contributed by atoms with E-state index in [1.165, 1.54) is 37.4 Å². The van der Waals surface area contributed by atoms with Crippen LogP contribution in [0.3, 0.4) is 0 Å². The van der Waals surface area contributed by atoms with Gasteiger partial charge in [-0.3, -0.25) is 19.6 Å². The largest absolute Gasteiger partial charge is 0.495 e. The topological polar surface area (TPSA) is 154 Å². The van der Waals surface area contributed by atoms with Crippen molar-refractivity contribution in [3.63, 3.8) is 0 Å². The highest BCUT2D eigenvalue weighted by Crippen LogP contribution is 2.29. The summed E-state index contributed by atoms with van der Waals surface area (Å²) in [7, 11) is -2.49. The normalized spacial score (nSPS) is 11.3. The van der Waals surface area contributed by atoms with Gasteiger partial charge in [-0.2, -0.15) is 0 Å². The van der Waals surface area contributed by atoms with Gasteiger partial charge in [0.15, 0.2) is 5.58 Å². The molecule has 1 heterocycles. The number of nitrogens with zero attached hydrogens (tertiary/aromatic N) is 2. The summed E-state index contributed by atoms with van der Waals surface area (Å²) in [5.41, 5.74) is 1.54. The number of carbonyl (C=O) groups excluding carboxylic acids is 1. The SMILES string of the molecule is COc1ccccc1NS(=O)(=O)c1ccc2oc(SCC(=O)Nc3cccc([N+](=O)[O-])c3C)nc2c1. The van der Waals surface area contributed by atoms with Gasteiger partial charge in [0.05, 0.1) is 39.6 Å². The van der Waals surface area contributed by atoms with Crippen LogP contribution in [0.25, 0.3) is 11.1 Å². The summed E-state index contributed by atoms with van der Waals surface area (Å²) in [5.74, 6) is -0.105. The van der Waals surface area contributed by atoms with E-state index < -0.39 is 20.9 Å². The Labute approximate surface area is 210 Å². The molecule has 11 nitrogen and oxygen atoms in total. The third-order valence-electron chi connectivity index (χ3n) is 5.10. The Morgan fingerprint density at radius 1 is 1.14 bits per heavy atom. The lowest BCUT2D eigenvalue weighted by atomic mass is 10.1. The van der Waals surface area contributed by atoms with Crippen molar-refractivity contribution in [2.45, 2.75) is 17.0 Å².